The summed E-state index contributed by atoms with van der Waals surface area (Å²) in [6.07, 6.45) is 5.07. The van der Waals surface area contributed by atoms with E-state index in [2.05, 4.69) is 5.10 Å². The zero-order valence-electron chi connectivity index (χ0n) is 11.4. The Bertz CT molecular complexity index is 503. The van der Waals surface area contributed by atoms with Crippen LogP contribution in [0.2, 0.25) is 0 Å². The van der Waals surface area contributed by atoms with Gasteiger partial charge in [0.05, 0.1) is 18.9 Å². The highest BCUT2D eigenvalue weighted by Crippen LogP contribution is 2.14. The summed E-state index contributed by atoms with van der Waals surface area (Å²) in [5, 5.41) is 13.4. The highest BCUT2D eigenvalue weighted by atomic mass is 16.5. The molecular formula is C15H20N2O2. The van der Waals surface area contributed by atoms with Crippen LogP contribution in [0.15, 0.2) is 36.7 Å². The first kappa shape index (κ1) is 13.6. The van der Waals surface area contributed by atoms with Gasteiger partial charge in [0.2, 0.25) is 0 Å². The van der Waals surface area contributed by atoms with Crippen LogP contribution >= 0.6 is 0 Å². The Morgan fingerprint density at radius 1 is 1.26 bits per heavy atom. The number of hydrogen-bond acceptors (Lipinski definition) is 3. The van der Waals surface area contributed by atoms with Crippen molar-refractivity contribution >= 4 is 0 Å². The number of aliphatic hydroxyl groups excluding tert-OH is 1. The van der Waals surface area contributed by atoms with E-state index in [1.807, 2.05) is 43.7 Å². The van der Waals surface area contributed by atoms with Gasteiger partial charge in [-0.15, -0.1) is 0 Å². The van der Waals surface area contributed by atoms with E-state index in [1.165, 1.54) is 5.56 Å². The molecule has 2 rings (SSSR count). The molecule has 4 nitrogen and oxygen atoms in total. The Labute approximate surface area is 113 Å². The van der Waals surface area contributed by atoms with Crippen molar-refractivity contribution < 1.29 is 9.84 Å². The smallest absolute Gasteiger partial charge is 0.119 e. The fourth-order valence-corrected chi connectivity index (χ4v) is 1.95. The van der Waals surface area contributed by atoms with Gasteiger partial charge in [0.15, 0.2) is 0 Å². The standard InChI is InChI=1S/C15H20N2O2/c1-12(18)9-13-3-5-15(6-4-13)19-8-7-14-10-16-17(2)11-14/h3-6,10-12,18H,7-9H2,1-2H3. The molecule has 0 aliphatic carbocycles. The van der Waals surface area contributed by atoms with Gasteiger partial charge in [0.1, 0.15) is 5.75 Å². The molecule has 2 aromatic rings. The van der Waals surface area contributed by atoms with Crippen LogP contribution in [0.4, 0.5) is 0 Å². The van der Waals surface area contributed by atoms with E-state index in [-0.39, 0.29) is 6.10 Å². The third-order valence-corrected chi connectivity index (χ3v) is 2.87. The lowest BCUT2D eigenvalue weighted by Crippen LogP contribution is -2.04. The molecule has 0 aliphatic heterocycles. The molecule has 0 aliphatic rings. The lowest BCUT2D eigenvalue weighted by Gasteiger charge is -2.07. The van der Waals surface area contributed by atoms with Crippen molar-refractivity contribution in [3.05, 3.63) is 47.8 Å². The first-order valence-electron chi connectivity index (χ1n) is 6.51. The Morgan fingerprint density at radius 2 is 2.00 bits per heavy atom. The number of ether oxygens (including phenoxy) is 1. The molecule has 4 heteroatoms. The largest absolute Gasteiger partial charge is 0.493 e. The van der Waals surface area contributed by atoms with Gasteiger partial charge in [-0.3, -0.25) is 4.68 Å². The van der Waals surface area contributed by atoms with Crippen molar-refractivity contribution in [2.75, 3.05) is 6.61 Å². The molecular weight excluding hydrogens is 240 g/mol. The maximum atomic E-state index is 9.31. The molecule has 0 bridgehead atoms. The van der Waals surface area contributed by atoms with E-state index in [0.717, 1.165) is 17.7 Å². The number of aryl methyl sites for hydroxylation is 1. The second kappa shape index (κ2) is 6.38. The van der Waals surface area contributed by atoms with Gasteiger partial charge in [0, 0.05) is 19.7 Å². The molecule has 0 amide bonds. The topological polar surface area (TPSA) is 47.3 Å². The number of benzene rings is 1. The van der Waals surface area contributed by atoms with E-state index < -0.39 is 0 Å². The van der Waals surface area contributed by atoms with Crippen LogP contribution in [0.1, 0.15) is 18.1 Å². The minimum absolute atomic E-state index is 0.308. The molecule has 1 atom stereocenters. The van der Waals surface area contributed by atoms with Crippen LogP contribution < -0.4 is 4.74 Å². The van der Waals surface area contributed by atoms with Crippen LogP contribution in [-0.2, 0) is 19.9 Å². The maximum absolute atomic E-state index is 9.31. The third-order valence-electron chi connectivity index (χ3n) is 2.87. The van der Waals surface area contributed by atoms with Crippen molar-refractivity contribution in [3.8, 4) is 5.75 Å². The quantitative estimate of drug-likeness (QED) is 0.863. The maximum Gasteiger partial charge on any atom is 0.119 e. The summed E-state index contributed by atoms with van der Waals surface area (Å²) in [5.74, 6) is 0.859. The molecule has 0 spiro atoms. The summed E-state index contributed by atoms with van der Waals surface area (Å²) in [4.78, 5) is 0. The van der Waals surface area contributed by atoms with Gasteiger partial charge in [-0.25, -0.2) is 0 Å². The predicted octanol–water partition coefficient (Wildman–Crippen LogP) is 1.96. The van der Waals surface area contributed by atoms with Crippen molar-refractivity contribution in [3.63, 3.8) is 0 Å². The monoisotopic (exact) mass is 260 g/mol. The molecule has 1 aromatic heterocycles. The molecule has 0 saturated heterocycles. The molecule has 1 heterocycles. The normalized spacial score (nSPS) is 12.4. The second-order valence-corrected chi connectivity index (χ2v) is 4.82. The molecule has 1 aromatic carbocycles. The molecule has 1 unspecified atom stereocenters. The summed E-state index contributed by atoms with van der Waals surface area (Å²) in [7, 11) is 1.91. The van der Waals surface area contributed by atoms with Crippen LogP contribution in [0.5, 0.6) is 5.75 Å². The minimum atomic E-state index is -0.308. The second-order valence-electron chi connectivity index (χ2n) is 4.82. The summed E-state index contributed by atoms with van der Waals surface area (Å²) in [6.45, 7) is 2.43. The lowest BCUT2D eigenvalue weighted by molar-refractivity contribution is 0.195. The third kappa shape index (κ3) is 4.41. The highest BCUT2D eigenvalue weighted by molar-refractivity contribution is 5.27. The van der Waals surface area contributed by atoms with Crippen molar-refractivity contribution in [1.82, 2.24) is 9.78 Å². The summed E-state index contributed by atoms with van der Waals surface area (Å²) in [5.41, 5.74) is 2.29. The van der Waals surface area contributed by atoms with Gasteiger partial charge in [-0.05, 0) is 36.6 Å². The Hall–Kier alpha value is -1.81. The lowest BCUT2D eigenvalue weighted by atomic mass is 10.1. The zero-order valence-corrected chi connectivity index (χ0v) is 11.4. The van der Waals surface area contributed by atoms with E-state index >= 15 is 0 Å². The first-order valence-corrected chi connectivity index (χ1v) is 6.51. The van der Waals surface area contributed by atoms with E-state index in [0.29, 0.717) is 13.0 Å². The van der Waals surface area contributed by atoms with Gasteiger partial charge >= 0.3 is 0 Å². The number of hydrogen-bond donors (Lipinski definition) is 1. The Morgan fingerprint density at radius 3 is 2.58 bits per heavy atom. The zero-order chi connectivity index (χ0) is 13.7. The summed E-state index contributed by atoms with van der Waals surface area (Å²) >= 11 is 0. The van der Waals surface area contributed by atoms with Crippen molar-refractivity contribution in [2.24, 2.45) is 7.05 Å². The predicted molar refractivity (Wildman–Crippen MR) is 74.2 cm³/mol. The summed E-state index contributed by atoms with van der Waals surface area (Å²) < 4.78 is 7.47. The van der Waals surface area contributed by atoms with Crippen LogP contribution in [0, 0.1) is 0 Å². The molecule has 19 heavy (non-hydrogen) atoms. The minimum Gasteiger partial charge on any atom is -0.493 e. The molecule has 1 N–H and O–H groups in total. The van der Waals surface area contributed by atoms with Crippen molar-refractivity contribution in [2.45, 2.75) is 25.9 Å². The molecule has 102 valence electrons. The fourth-order valence-electron chi connectivity index (χ4n) is 1.95. The van der Waals surface area contributed by atoms with E-state index in [9.17, 15) is 5.11 Å². The number of nitrogens with zero attached hydrogens (tertiary/aromatic N) is 2. The Kier molecular flexibility index (Phi) is 4.58. The molecule has 0 fully saturated rings. The van der Waals surface area contributed by atoms with E-state index in [1.54, 1.807) is 11.6 Å². The fraction of sp³-hybridized carbons (Fsp3) is 0.400. The van der Waals surface area contributed by atoms with Crippen LogP contribution in [0.25, 0.3) is 0 Å². The molecule has 0 radical (unpaired) electrons. The van der Waals surface area contributed by atoms with Gasteiger partial charge in [-0.1, -0.05) is 12.1 Å². The highest BCUT2D eigenvalue weighted by Gasteiger charge is 2.01. The Balaban J connectivity index is 1.79. The summed E-state index contributed by atoms with van der Waals surface area (Å²) in [6, 6.07) is 7.88. The average Bonchev–Trinajstić information content (AvgIpc) is 2.77. The van der Waals surface area contributed by atoms with Gasteiger partial charge in [0.25, 0.3) is 0 Å². The van der Waals surface area contributed by atoms with Crippen LogP contribution in [-0.4, -0.2) is 27.6 Å². The number of rotatable bonds is 6. The van der Waals surface area contributed by atoms with E-state index in [4.69, 9.17) is 4.74 Å². The SMILES string of the molecule is CC(O)Cc1ccc(OCCc2cnn(C)c2)cc1. The van der Waals surface area contributed by atoms with Crippen LogP contribution in [0.3, 0.4) is 0 Å². The van der Waals surface area contributed by atoms with Crippen molar-refractivity contribution in [1.29, 1.82) is 0 Å². The van der Waals surface area contributed by atoms with Gasteiger partial charge in [-0.2, -0.15) is 5.10 Å². The van der Waals surface area contributed by atoms with Gasteiger partial charge < -0.3 is 9.84 Å². The molecule has 0 saturated carbocycles. The first-order chi connectivity index (χ1) is 9.13. The average molecular weight is 260 g/mol. The number of aliphatic hydroxyl groups is 1. The number of aromatic nitrogens is 2.